The minimum absolute atomic E-state index is 0.225. The number of esters is 1. The molecule has 5 rings (SSSR count). The standard InChI is InChI=1S/C26H27N3O5S/c1-4-33-25(31)22-16(2)27-26-29(23(22)17-8-7-9-18(14-17)32-3)24(30)20(35-26)15-19-10-11-21(34-19)28-12-5-6-13-28/h7-11,14-15,23H,4-6,12-13H2,1-3H3/b20-15+/t23-/m1/s1. The van der Waals surface area contributed by atoms with E-state index in [9.17, 15) is 9.59 Å². The molecule has 0 bridgehead atoms. The Hall–Kier alpha value is -3.59. The van der Waals surface area contributed by atoms with Gasteiger partial charge < -0.3 is 18.8 Å². The lowest BCUT2D eigenvalue weighted by molar-refractivity contribution is -0.139. The van der Waals surface area contributed by atoms with Crippen LogP contribution in [0.5, 0.6) is 5.75 Å². The molecule has 8 nitrogen and oxygen atoms in total. The van der Waals surface area contributed by atoms with E-state index < -0.39 is 12.0 Å². The smallest absolute Gasteiger partial charge is 0.338 e. The van der Waals surface area contributed by atoms with Gasteiger partial charge >= 0.3 is 5.97 Å². The van der Waals surface area contributed by atoms with Crippen molar-refractivity contribution in [2.75, 3.05) is 31.7 Å². The number of benzene rings is 1. The molecule has 1 saturated heterocycles. The number of hydrogen-bond acceptors (Lipinski definition) is 8. The first-order chi connectivity index (χ1) is 17.0. The molecule has 0 N–H and O–H groups in total. The molecule has 2 aromatic heterocycles. The Morgan fingerprint density at radius 1 is 1.26 bits per heavy atom. The average molecular weight is 494 g/mol. The van der Waals surface area contributed by atoms with Gasteiger partial charge in [-0.05, 0) is 50.5 Å². The lowest BCUT2D eigenvalue weighted by atomic mass is 9.95. The maximum absolute atomic E-state index is 13.7. The van der Waals surface area contributed by atoms with Crippen LogP contribution in [0.3, 0.4) is 0 Å². The zero-order valence-electron chi connectivity index (χ0n) is 19.9. The van der Waals surface area contributed by atoms with Gasteiger partial charge in [-0.3, -0.25) is 9.36 Å². The van der Waals surface area contributed by atoms with Crippen molar-refractivity contribution in [3.63, 3.8) is 0 Å². The monoisotopic (exact) mass is 493 g/mol. The van der Waals surface area contributed by atoms with Crippen molar-refractivity contribution in [3.8, 4) is 5.75 Å². The molecule has 0 spiro atoms. The Bertz CT molecular complexity index is 1470. The van der Waals surface area contributed by atoms with Crippen molar-refractivity contribution >= 4 is 29.3 Å². The molecule has 3 aromatic rings. The minimum Gasteiger partial charge on any atom is -0.497 e. The summed E-state index contributed by atoms with van der Waals surface area (Å²) in [5, 5.41) is 0. The Balaban J connectivity index is 1.64. The number of furan rings is 1. The van der Waals surface area contributed by atoms with Crippen molar-refractivity contribution in [1.29, 1.82) is 0 Å². The van der Waals surface area contributed by atoms with Crippen molar-refractivity contribution < 1.29 is 18.7 Å². The highest BCUT2D eigenvalue weighted by Gasteiger charge is 2.33. The van der Waals surface area contributed by atoms with Gasteiger partial charge in [-0.25, -0.2) is 9.79 Å². The van der Waals surface area contributed by atoms with Crippen LogP contribution in [0.4, 0.5) is 5.88 Å². The van der Waals surface area contributed by atoms with Crippen molar-refractivity contribution in [2.24, 2.45) is 4.99 Å². The Morgan fingerprint density at radius 2 is 2.06 bits per heavy atom. The van der Waals surface area contributed by atoms with E-state index in [-0.39, 0.29) is 12.2 Å². The molecule has 182 valence electrons. The van der Waals surface area contributed by atoms with Gasteiger partial charge in [0.05, 0.1) is 35.6 Å². The second-order valence-corrected chi connectivity index (χ2v) is 9.46. The fourth-order valence-corrected chi connectivity index (χ4v) is 5.60. The van der Waals surface area contributed by atoms with Gasteiger partial charge in [0.1, 0.15) is 11.5 Å². The van der Waals surface area contributed by atoms with Gasteiger partial charge in [-0.2, -0.15) is 0 Å². The predicted octanol–water partition coefficient (Wildman–Crippen LogP) is 3.00. The third-order valence-corrected chi connectivity index (χ3v) is 7.21. The highest BCUT2D eigenvalue weighted by molar-refractivity contribution is 7.07. The molecule has 2 aliphatic rings. The van der Waals surface area contributed by atoms with Crippen molar-refractivity contribution in [3.05, 3.63) is 78.7 Å². The third kappa shape index (κ3) is 4.32. The number of ether oxygens (including phenoxy) is 2. The molecule has 1 atom stereocenters. The maximum atomic E-state index is 13.7. The summed E-state index contributed by atoms with van der Waals surface area (Å²) in [6, 6.07) is 10.5. The van der Waals surface area contributed by atoms with Crippen LogP contribution in [0.15, 0.2) is 61.9 Å². The van der Waals surface area contributed by atoms with E-state index >= 15 is 0 Å². The summed E-state index contributed by atoms with van der Waals surface area (Å²) in [6.45, 7) is 5.70. The molecule has 0 radical (unpaired) electrons. The van der Waals surface area contributed by atoms with Gasteiger partial charge in [-0.15, -0.1) is 0 Å². The average Bonchev–Trinajstić information content (AvgIpc) is 3.60. The number of aromatic nitrogens is 1. The molecular formula is C26H27N3O5S. The second kappa shape index (κ2) is 9.58. The number of anilines is 1. The number of carbonyl (C=O) groups is 1. The lowest BCUT2D eigenvalue weighted by Gasteiger charge is -2.24. The third-order valence-electron chi connectivity index (χ3n) is 6.23. The van der Waals surface area contributed by atoms with E-state index in [1.807, 2.05) is 36.4 Å². The topological polar surface area (TPSA) is 86.3 Å². The first kappa shape index (κ1) is 23.2. The van der Waals surface area contributed by atoms with E-state index in [0.717, 1.165) is 37.4 Å². The fraction of sp³-hybridized carbons (Fsp3) is 0.346. The molecule has 0 unspecified atom stereocenters. The molecule has 9 heteroatoms. The molecule has 1 aromatic carbocycles. The predicted molar refractivity (Wildman–Crippen MR) is 134 cm³/mol. The Kier molecular flexibility index (Phi) is 6.34. The van der Waals surface area contributed by atoms with Crippen LogP contribution >= 0.6 is 11.3 Å². The zero-order valence-corrected chi connectivity index (χ0v) is 20.8. The van der Waals surface area contributed by atoms with Crippen LogP contribution < -0.4 is 24.5 Å². The van der Waals surface area contributed by atoms with Gasteiger partial charge in [0.2, 0.25) is 0 Å². The first-order valence-electron chi connectivity index (χ1n) is 11.7. The second-order valence-electron chi connectivity index (χ2n) is 8.45. The summed E-state index contributed by atoms with van der Waals surface area (Å²) >= 11 is 1.27. The number of rotatable bonds is 6. The number of allylic oxidation sites excluding steroid dienone is 1. The van der Waals surface area contributed by atoms with Gasteiger partial charge in [-0.1, -0.05) is 23.5 Å². The largest absolute Gasteiger partial charge is 0.497 e. The van der Waals surface area contributed by atoms with E-state index in [4.69, 9.17) is 13.9 Å². The fourth-order valence-electron chi connectivity index (χ4n) is 4.57. The number of methoxy groups -OCH3 is 1. The number of nitrogens with zero attached hydrogens (tertiary/aromatic N) is 3. The van der Waals surface area contributed by atoms with E-state index in [2.05, 4.69) is 9.89 Å². The summed E-state index contributed by atoms with van der Waals surface area (Å²) in [5.41, 5.74) is 1.37. The summed E-state index contributed by atoms with van der Waals surface area (Å²) in [7, 11) is 1.58. The SMILES string of the molecule is CCOC(=O)C1=C(C)N=c2s/c(=C/c3ccc(N4CCCC4)o3)c(=O)n2[C@@H]1c1cccc(OC)c1. The van der Waals surface area contributed by atoms with Crippen LogP contribution in [-0.4, -0.2) is 37.3 Å². The summed E-state index contributed by atoms with van der Waals surface area (Å²) in [6.07, 6.45) is 4.05. The normalized spacial score (nSPS) is 18.0. The van der Waals surface area contributed by atoms with Crippen LogP contribution in [0.2, 0.25) is 0 Å². The number of carbonyl (C=O) groups excluding carboxylic acids is 1. The molecule has 4 heterocycles. The Morgan fingerprint density at radius 3 is 2.80 bits per heavy atom. The van der Waals surface area contributed by atoms with Crippen LogP contribution in [0.1, 0.15) is 44.1 Å². The molecule has 0 aliphatic carbocycles. The molecule has 35 heavy (non-hydrogen) atoms. The summed E-state index contributed by atoms with van der Waals surface area (Å²) in [5.74, 6) is 1.57. The van der Waals surface area contributed by atoms with E-state index in [1.165, 1.54) is 11.3 Å². The summed E-state index contributed by atoms with van der Waals surface area (Å²) < 4.78 is 18.8. The van der Waals surface area contributed by atoms with Crippen molar-refractivity contribution in [2.45, 2.75) is 32.7 Å². The molecule has 0 amide bonds. The maximum Gasteiger partial charge on any atom is 0.338 e. The molecular weight excluding hydrogens is 466 g/mol. The van der Waals surface area contributed by atoms with E-state index in [0.29, 0.717) is 32.1 Å². The minimum atomic E-state index is -0.681. The number of fused-ring (bicyclic) bond motifs is 1. The van der Waals surface area contributed by atoms with E-state index in [1.54, 1.807) is 31.6 Å². The van der Waals surface area contributed by atoms with Gasteiger partial charge in [0.25, 0.3) is 5.56 Å². The molecule has 0 saturated carbocycles. The van der Waals surface area contributed by atoms with Crippen LogP contribution in [0.25, 0.3) is 6.08 Å². The number of thiazole rings is 1. The zero-order chi connectivity index (χ0) is 24.5. The van der Waals surface area contributed by atoms with Crippen LogP contribution in [-0.2, 0) is 9.53 Å². The molecule has 1 fully saturated rings. The van der Waals surface area contributed by atoms with Gasteiger partial charge in [0.15, 0.2) is 10.7 Å². The summed E-state index contributed by atoms with van der Waals surface area (Å²) in [4.78, 5) is 34.0. The number of hydrogen-bond donors (Lipinski definition) is 0. The highest BCUT2D eigenvalue weighted by atomic mass is 32.1. The highest BCUT2D eigenvalue weighted by Crippen LogP contribution is 2.32. The Labute approximate surface area is 206 Å². The van der Waals surface area contributed by atoms with Gasteiger partial charge in [0, 0.05) is 25.2 Å². The lowest BCUT2D eigenvalue weighted by Crippen LogP contribution is -2.39. The first-order valence-corrected chi connectivity index (χ1v) is 12.5. The van der Waals surface area contributed by atoms with Crippen LogP contribution in [0, 0.1) is 0 Å². The molecule has 2 aliphatic heterocycles. The quantitative estimate of drug-likeness (QED) is 0.491. The van der Waals surface area contributed by atoms with Crippen molar-refractivity contribution in [1.82, 2.24) is 4.57 Å².